The molecule has 0 saturated carbocycles. The molecule has 2 saturated heterocycles. The second-order valence-electron chi connectivity index (χ2n) is 15.1. The van der Waals surface area contributed by atoms with E-state index in [0.717, 1.165) is 75.1 Å². The SMILES string of the molecule is CC[C@H](NC(=O)OC)C(=O)N1CCC[C@H]1c1ncc(-c2ccc3cc(-c4ccc(-c5cnc([C@@H]6CCCN6C(=O)[C@H](C(C)C)N(C)C(=O)O)[nH]5)cc4)cnc3c2)[nH]1. The highest BCUT2D eigenvalue weighted by molar-refractivity contribution is 5.88. The molecule has 2 aliphatic heterocycles. The maximum absolute atomic E-state index is 13.6. The average Bonchev–Trinajstić information content (AvgIpc) is 4.06. The molecule has 5 heterocycles. The van der Waals surface area contributed by atoms with E-state index in [0.29, 0.717) is 31.2 Å². The second kappa shape index (κ2) is 16.5. The van der Waals surface area contributed by atoms with Crippen molar-refractivity contribution >= 4 is 34.9 Å². The summed E-state index contributed by atoms with van der Waals surface area (Å²) in [5.41, 5.74) is 6.35. The first-order valence-electron chi connectivity index (χ1n) is 19.5. The molecule has 0 unspecified atom stereocenters. The van der Waals surface area contributed by atoms with Gasteiger partial charge in [0.1, 0.15) is 23.7 Å². The number of aromatic amines is 2. The number of carbonyl (C=O) groups is 4. The van der Waals surface area contributed by atoms with Crippen molar-refractivity contribution in [3.63, 3.8) is 0 Å². The third-order valence-corrected chi connectivity index (χ3v) is 11.2. The van der Waals surface area contributed by atoms with Crippen LogP contribution in [0.1, 0.15) is 76.6 Å². The molecule has 2 aromatic carbocycles. The molecule has 5 aromatic rings. The van der Waals surface area contributed by atoms with Crippen LogP contribution < -0.4 is 5.32 Å². The zero-order chi connectivity index (χ0) is 40.4. The first kappa shape index (κ1) is 39.0. The fourth-order valence-corrected chi connectivity index (χ4v) is 8.15. The number of pyridine rings is 1. The Morgan fingerprint density at radius 3 is 1.98 bits per heavy atom. The molecule has 57 heavy (non-hydrogen) atoms. The minimum atomic E-state index is -1.13. The van der Waals surface area contributed by atoms with Crippen LogP contribution in [0, 0.1) is 5.92 Å². The van der Waals surface area contributed by atoms with E-state index in [9.17, 15) is 24.3 Å². The van der Waals surface area contributed by atoms with Gasteiger partial charge in [0.05, 0.1) is 48.5 Å². The summed E-state index contributed by atoms with van der Waals surface area (Å²) in [7, 11) is 2.73. The van der Waals surface area contributed by atoms with Gasteiger partial charge in [-0.15, -0.1) is 0 Å². The normalized spacial score (nSPS) is 17.9. The molecule has 2 fully saturated rings. The van der Waals surface area contributed by atoms with Crippen molar-refractivity contribution in [3.8, 4) is 33.6 Å². The summed E-state index contributed by atoms with van der Waals surface area (Å²) < 4.78 is 4.71. The molecular weight excluding hydrogens is 727 g/mol. The van der Waals surface area contributed by atoms with Crippen LogP contribution in [0.15, 0.2) is 67.1 Å². The molecule has 15 heteroatoms. The molecule has 0 spiro atoms. The molecule has 2 aliphatic rings. The number of nitrogens with one attached hydrogen (secondary N) is 3. The third-order valence-electron chi connectivity index (χ3n) is 11.2. The number of carboxylic acid groups (broad SMARTS) is 1. The van der Waals surface area contributed by atoms with E-state index in [4.69, 9.17) is 9.72 Å². The van der Waals surface area contributed by atoms with E-state index < -0.39 is 24.3 Å². The van der Waals surface area contributed by atoms with Gasteiger partial charge < -0.3 is 34.9 Å². The first-order valence-corrected chi connectivity index (χ1v) is 19.5. The lowest BCUT2D eigenvalue weighted by Gasteiger charge is -2.33. The van der Waals surface area contributed by atoms with Crippen molar-refractivity contribution in [2.75, 3.05) is 27.2 Å². The largest absolute Gasteiger partial charge is 0.465 e. The fraction of sp³-hybridized carbons (Fsp3) is 0.405. The van der Waals surface area contributed by atoms with Gasteiger partial charge >= 0.3 is 12.2 Å². The van der Waals surface area contributed by atoms with Crippen molar-refractivity contribution in [3.05, 3.63) is 78.8 Å². The number of methoxy groups -OCH3 is 1. The van der Waals surface area contributed by atoms with Gasteiger partial charge in [-0.3, -0.25) is 19.5 Å². The maximum Gasteiger partial charge on any atom is 0.407 e. The van der Waals surface area contributed by atoms with E-state index in [1.807, 2.05) is 69.4 Å². The summed E-state index contributed by atoms with van der Waals surface area (Å²) in [6.45, 7) is 6.72. The number of fused-ring (bicyclic) bond motifs is 1. The van der Waals surface area contributed by atoms with Crippen molar-refractivity contribution < 1.29 is 29.0 Å². The van der Waals surface area contributed by atoms with Gasteiger partial charge in [-0.25, -0.2) is 19.6 Å². The van der Waals surface area contributed by atoms with Gasteiger partial charge in [-0.1, -0.05) is 57.2 Å². The number of nitrogens with zero attached hydrogens (tertiary/aromatic N) is 6. The van der Waals surface area contributed by atoms with Crippen molar-refractivity contribution in [2.45, 2.75) is 77.0 Å². The average molecular weight is 776 g/mol. The Bertz CT molecular complexity index is 2270. The van der Waals surface area contributed by atoms with Crippen LogP contribution in [0.4, 0.5) is 9.59 Å². The summed E-state index contributed by atoms with van der Waals surface area (Å²) in [5.74, 6) is 0.874. The zero-order valence-corrected chi connectivity index (χ0v) is 32.9. The highest BCUT2D eigenvalue weighted by Crippen LogP contribution is 2.35. The first-order chi connectivity index (χ1) is 27.5. The summed E-state index contributed by atoms with van der Waals surface area (Å²) in [4.78, 5) is 76.2. The predicted octanol–water partition coefficient (Wildman–Crippen LogP) is 6.78. The molecular formula is C42H49N9O6. The van der Waals surface area contributed by atoms with E-state index in [-0.39, 0.29) is 29.8 Å². The molecule has 0 radical (unpaired) electrons. The number of benzene rings is 2. The minimum Gasteiger partial charge on any atom is -0.465 e. The molecule has 15 nitrogen and oxygen atoms in total. The highest BCUT2D eigenvalue weighted by Gasteiger charge is 2.40. The van der Waals surface area contributed by atoms with Gasteiger partial charge in [-0.05, 0) is 61.3 Å². The van der Waals surface area contributed by atoms with Crippen LogP contribution in [0.3, 0.4) is 0 Å². The fourth-order valence-electron chi connectivity index (χ4n) is 8.15. The van der Waals surface area contributed by atoms with E-state index in [1.165, 1.54) is 14.2 Å². The third kappa shape index (κ3) is 7.91. The Kier molecular flexibility index (Phi) is 11.3. The summed E-state index contributed by atoms with van der Waals surface area (Å²) >= 11 is 0. The highest BCUT2D eigenvalue weighted by atomic mass is 16.5. The Hall–Kier alpha value is -6.25. The molecule has 4 amide bonds. The van der Waals surface area contributed by atoms with Gasteiger partial charge in [-0.2, -0.15) is 0 Å². The number of ether oxygens (including phenoxy) is 1. The molecule has 4 atom stereocenters. The van der Waals surface area contributed by atoms with Crippen molar-refractivity contribution in [1.29, 1.82) is 0 Å². The van der Waals surface area contributed by atoms with E-state index in [1.54, 1.807) is 22.2 Å². The maximum atomic E-state index is 13.6. The summed E-state index contributed by atoms with van der Waals surface area (Å²) in [6, 6.07) is 14.4. The van der Waals surface area contributed by atoms with Gasteiger partial charge in [0.25, 0.3) is 0 Å². The Morgan fingerprint density at radius 1 is 0.825 bits per heavy atom. The number of likely N-dealkylation sites (N-methyl/N-ethyl adjacent to an activating group) is 1. The van der Waals surface area contributed by atoms with Crippen LogP contribution in [0.2, 0.25) is 0 Å². The number of imidazole rings is 2. The number of likely N-dealkylation sites (tertiary alicyclic amines) is 2. The lowest BCUT2D eigenvalue weighted by molar-refractivity contribution is -0.138. The zero-order valence-electron chi connectivity index (χ0n) is 32.9. The van der Waals surface area contributed by atoms with Crippen molar-refractivity contribution in [1.82, 2.24) is 44.9 Å². The van der Waals surface area contributed by atoms with Gasteiger partial charge in [0.15, 0.2) is 0 Å². The Morgan fingerprint density at radius 2 is 1.40 bits per heavy atom. The Labute approximate surface area is 330 Å². The monoisotopic (exact) mass is 775 g/mol. The van der Waals surface area contributed by atoms with Gasteiger partial charge in [0.2, 0.25) is 11.8 Å². The van der Waals surface area contributed by atoms with Crippen LogP contribution in [0.5, 0.6) is 0 Å². The van der Waals surface area contributed by atoms with Crippen LogP contribution in [-0.2, 0) is 14.3 Å². The van der Waals surface area contributed by atoms with Crippen LogP contribution in [-0.4, -0.2) is 108 Å². The number of carbonyl (C=O) groups excluding carboxylic acids is 3. The number of hydrogen-bond donors (Lipinski definition) is 4. The molecule has 298 valence electrons. The van der Waals surface area contributed by atoms with Crippen LogP contribution >= 0.6 is 0 Å². The molecule has 0 bridgehead atoms. The van der Waals surface area contributed by atoms with E-state index >= 15 is 0 Å². The quantitative estimate of drug-likeness (QED) is 0.112. The van der Waals surface area contributed by atoms with Crippen molar-refractivity contribution in [2.24, 2.45) is 5.92 Å². The van der Waals surface area contributed by atoms with Gasteiger partial charge in [0, 0.05) is 42.8 Å². The second-order valence-corrected chi connectivity index (χ2v) is 15.1. The Balaban J connectivity index is 1.03. The number of hydrogen-bond acceptors (Lipinski definition) is 8. The molecule has 4 N–H and O–H groups in total. The summed E-state index contributed by atoms with van der Waals surface area (Å²) in [5, 5.41) is 13.2. The summed E-state index contributed by atoms with van der Waals surface area (Å²) in [6.07, 6.45) is 7.30. The number of rotatable bonds is 11. The topological polar surface area (TPSA) is 190 Å². The number of amides is 4. The minimum absolute atomic E-state index is 0.148. The van der Waals surface area contributed by atoms with Crippen LogP contribution in [0.25, 0.3) is 44.5 Å². The smallest absolute Gasteiger partial charge is 0.407 e. The number of aromatic nitrogens is 5. The standard InChI is InChI=1S/C42H49N9O6/c1-6-30(48-41(54)57-5)39(52)50-17-7-9-34(50)37-45-23-33(47-37)28-16-15-27-19-29(21-43-31(27)20-28)25-11-13-26(14-12-25)32-22-44-38(46-32)35-10-8-18-51(35)40(53)36(24(2)3)49(4)42(55)56/h11-16,19-24,30,34-36H,6-10,17-18H2,1-5H3,(H,44,46)(H,45,47)(H,48,54)(H,55,56)/t30-,34-,35-,36-/m0/s1. The predicted molar refractivity (Wildman–Crippen MR) is 214 cm³/mol. The molecule has 0 aliphatic carbocycles. The lowest BCUT2D eigenvalue weighted by atomic mass is 10.0. The van der Waals surface area contributed by atoms with E-state index in [2.05, 4.69) is 31.3 Å². The number of alkyl carbamates (subject to hydrolysis) is 1. The molecule has 3 aromatic heterocycles. The number of H-pyrrole nitrogens is 2. The molecule has 7 rings (SSSR count). The lowest BCUT2D eigenvalue weighted by Crippen LogP contribution is -2.51.